The smallest absolute Gasteiger partial charge is 0.368 e. The van der Waals surface area contributed by atoms with Gasteiger partial charge in [0.2, 0.25) is 5.91 Å². The molecular weight excluding hydrogens is 423 g/mol. The number of halogens is 3. The summed E-state index contributed by atoms with van der Waals surface area (Å²) in [5.74, 6) is -0.797. The lowest BCUT2D eigenvalue weighted by atomic mass is 10.1. The van der Waals surface area contributed by atoms with Gasteiger partial charge < -0.3 is 9.80 Å². The van der Waals surface area contributed by atoms with Gasteiger partial charge in [-0.3, -0.25) is 14.8 Å². The Morgan fingerprint density at radius 2 is 1.50 bits per heavy atom. The van der Waals surface area contributed by atoms with E-state index >= 15 is 0 Å². The highest BCUT2D eigenvalue weighted by Crippen LogP contribution is 2.30. The number of hydroxylamine groups is 1. The Morgan fingerprint density at radius 3 is 2.06 bits per heavy atom. The summed E-state index contributed by atoms with van der Waals surface area (Å²) in [7, 11) is 0. The van der Waals surface area contributed by atoms with Crippen LogP contribution in [0, 0.1) is 0 Å². The summed E-state index contributed by atoms with van der Waals surface area (Å²) in [5, 5.41) is 8.51. The van der Waals surface area contributed by atoms with E-state index in [9.17, 15) is 22.8 Å². The molecule has 0 aliphatic carbocycles. The molecule has 1 saturated heterocycles. The van der Waals surface area contributed by atoms with Crippen molar-refractivity contribution in [3.8, 4) is 0 Å². The Morgan fingerprint density at radius 1 is 0.906 bits per heavy atom. The van der Waals surface area contributed by atoms with Crippen molar-refractivity contribution in [3.63, 3.8) is 0 Å². The Labute approximate surface area is 183 Å². The van der Waals surface area contributed by atoms with Crippen LogP contribution in [0.2, 0.25) is 0 Å². The van der Waals surface area contributed by atoms with Crippen LogP contribution in [0.4, 0.5) is 18.9 Å². The van der Waals surface area contributed by atoms with E-state index in [1.54, 1.807) is 29.2 Å². The summed E-state index contributed by atoms with van der Waals surface area (Å²) in [6.07, 6.45) is 1.50. The lowest BCUT2D eigenvalue weighted by Crippen LogP contribution is -2.48. The quantitative estimate of drug-likeness (QED) is 0.419. The standard InChI is InChI=1S/C23H22F3N3O3/c24-23(25,26)19-6-8-20(9-7-19)28-12-14-29(15-13-28)22(31)11-5-18-3-1-2-17(16-18)4-10-21(30)27-32/h1-11,16,32H,12-15H2,(H,27,30)/b10-4+,11-5+. The molecule has 32 heavy (non-hydrogen) atoms. The molecule has 2 aromatic rings. The highest BCUT2D eigenvalue weighted by atomic mass is 19.4. The number of rotatable bonds is 5. The van der Waals surface area contributed by atoms with Crippen molar-refractivity contribution in [2.24, 2.45) is 0 Å². The number of anilines is 1. The number of hydrogen-bond acceptors (Lipinski definition) is 4. The number of alkyl halides is 3. The van der Waals surface area contributed by atoms with Crippen molar-refractivity contribution in [2.45, 2.75) is 6.18 Å². The van der Waals surface area contributed by atoms with E-state index in [1.807, 2.05) is 11.0 Å². The molecule has 2 amide bonds. The van der Waals surface area contributed by atoms with Gasteiger partial charge in [0.15, 0.2) is 0 Å². The molecule has 1 fully saturated rings. The lowest BCUT2D eigenvalue weighted by Gasteiger charge is -2.35. The molecule has 0 atom stereocenters. The van der Waals surface area contributed by atoms with Gasteiger partial charge >= 0.3 is 6.18 Å². The van der Waals surface area contributed by atoms with Crippen LogP contribution in [0.1, 0.15) is 16.7 Å². The van der Waals surface area contributed by atoms with E-state index in [1.165, 1.54) is 35.8 Å². The minimum atomic E-state index is -4.36. The third kappa shape index (κ3) is 6.21. The molecule has 1 aliphatic rings. The van der Waals surface area contributed by atoms with Crippen LogP contribution in [0.15, 0.2) is 60.7 Å². The van der Waals surface area contributed by atoms with Gasteiger partial charge in [-0.15, -0.1) is 0 Å². The average molecular weight is 445 g/mol. The topological polar surface area (TPSA) is 72.9 Å². The number of nitrogens with one attached hydrogen (secondary N) is 1. The number of carbonyl (C=O) groups is 2. The molecule has 6 nitrogen and oxygen atoms in total. The molecule has 0 aromatic heterocycles. The predicted octanol–water partition coefficient (Wildman–Crippen LogP) is 3.59. The summed E-state index contributed by atoms with van der Waals surface area (Å²) in [4.78, 5) is 27.2. The van der Waals surface area contributed by atoms with Gasteiger partial charge in [-0.2, -0.15) is 13.2 Å². The number of piperazine rings is 1. The predicted molar refractivity (Wildman–Crippen MR) is 115 cm³/mol. The Hall–Kier alpha value is -3.59. The van der Waals surface area contributed by atoms with Gasteiger partial charge in [-0.05, 0) is 53.6 Å². The Bertz CT molecular complexity index is 1010. The van der Waals surface area contributed by atoms with Gasteiger partial charge in [0.1, 0.15) is 0 Å². The van der Waals surface area contributed by atoms with E-state index in [4.69, 9.17) is 5.21 Å². The second kappa shape index (κ2) is 10.1. The van der Waals surface area contributed by atoms with Crippen LogP contribution >= 0.6 is 0 Å². The third-order valence-electron chi connectivity index (χ3n) is 5.02. The summed E-state index contributed by atoms with van der Waals surface area (Å²) in [6, 6.07) is 12.2. The molecule has 0 spiro atoms. The highest BCUT2D eigenvalue weighted by Gasteiger charge is 2.30. The first-order chi connectivity index (χ1) is 15.3. The van der Waals surface area contributed by atoms with Crippen LogP contribution < -0.4 is 10.4 Å². The van der Waals surface area contributed by atoms with Crippen LogP contribution in [0.25, 0.3) is 12.2 Å². The zero-order valence-electron chi connectivity index (χ0n) is 17.0. The van der Waals surface area contributed by atoms with E-state index in [-0.39, 0.29) is 5.91 Å². The van der Waals surface area contributed by atoms with Crippen LogP contribution in [0.5, 0.6) is 0 Å². The second-order valence-corrected chi connectivity index (χ2v) is 7.17. The molecule has 2 aromatic carbocycles. The monoisotopic (exact) mass is 445 g/mol. The van der Waals surface area contributed by atoms with Gasteiger partial charge in [-0.25, -0.2) is 5.48 Å². The minimum Gasteiger partial charge on any atom is -0.368 e. The van der Waals surface area contributed by atoms with Gasteiger partial charge in [-0.1, -0.05) is 18.2 Å². The maximum atomic E-state index is 12.7. The molecular formula is C23H22F3N3O3. The maximum absolute atomic E-state index is 12.7. The summed E-state index contributed by atoms with van der Waals surface area (Å²) in [5.41, 5.74) is 3.02. The minimum absolute atomic E-state index is 0.155. The van der Waals surface area contributed by atoms with Gasteiger partial charge in [0, 0.05) is 44.0 Å². The Kier molecular flexibility index (Phi) is 7.32. The van der Waals surface area contributed by atoms with Crippen molar-refractivity contribution >= 4 is 29.7 Å². The number of nitrogens with zero attached hydrogens (tertiary/aromatic N) is 2. The normalized spacial score (nSPS) is 14.9. The molecule has 168 valence electrons. The van der Waals surface area contributed by atoms with E-state index in [0.717, 1.165) is 23.3 Å². The fourth-order valence-electron chi connectivity index (χ4n) is 3.29. The van der Waals surface area contributed by atoms with Crippen molar-refractivity contribution in [3.05, 3.63) is 77.4 Å². The van der Waals surface area contributed by atoms with Crippen LogP contribution in [-0.4, -0.2) is 48.1 Å². The van der Waals surface area contributed by atoms with Crippen molar-refractivity contribution < 1.29 is 28.0 Å². The molecule has 1 aliphatic heterocycles. The van der Waals surface area contributed by atoms with E-state index in [0.29, 0.717) is 31.9 Å². The van der Waals surface area contributed by atoms with Gasteiger partial charge in [0.05, 0.1) is 5.56 Å². The Balaban J connectivity index is 1.55. The molecule has 3 rings (SSSR count). The second-order valence-electron chi connectivity index (χ2n) is 7.17. The molecule has 0 radical (unpaired) electrons. The maximum Gasteiger partial charge on any atom is 0.416 e. The lowest BCUT2D eigenvalue weighted by molar-refractivity contribution is -0.137. The van der Waals surface area contributed by atoms with Gasteiger partial charge in [0.25, 0.3) is 5.91 Å². The van der Waals surface area contributed by atoms with Crippen molar-refractivity contribution in [1.29, 1.82) is 0 Å². The first-order valence-electron chi connectivity index (χ1n) is 9.88. The fraction of sp³-hybridized carbons (Fsp3) is 0.217. The zero-order chi connectivity index (χ0) is 23.1. The molecule has 2 N–H and O–H groups in total. The number of carbonyl (C=O) groups excluding carboxylic acids is 2. The number of amides is 2. The van der Waals surface area contributed by atoms with Crippen LogP contribution in [0.3, 0.4) is 0 Å². The largest absolute Gasteiger partial charge is 0.416 e. The SMILES string of the molecule is O=C(/C=C/c1cccc(/C=C/C(=O)N2CCN(c3ccc(C(F)(F)F)cc3)CC2)c1)NO. The number of benzene rings is 2. The molecule has 0 unspecified atom stereocenters. The summed E-state index contributed by atoms with van der Waals surface area (Å²) in [6.45, 7) is 1.97. The zero-order valence-corrected chi connectivity index (χ0v) is 17.0. The van der Waals surface area contributed by atoms with Crippen molar-refractivity contribution in [1.82, 2.24) is 10.4 Å². The summed E-state index contributed by atoms with van der Waals surface area (Å²) < 4.78 is 38.1. The molecule has 0 bridgehead atoms. The first kappa shape index (κ1) is 23.1. The third-order valence-corrected chi connectivity index (χ3v) is 5.02. The van der Waals surface area contributed by atoms with E-state index < -0.39 is 17.6 Å². The van der Waals surface area contributed by atoms with Crippen LogP contribution in [-0.2, 0) is 15.8 Å². The molecule has 1 heterocycles. The first-order valence-corrected chi connectivity index (χ1v) is 9.88. The molecule has 0 saturated carbocycles. The average Bonchev–Trinajstić information content (AvgIpc) is 2.81. The molecule has 9 heteroatoms. The van der Waals surface area contributed by atoms with E-state index in [2.05, 4.69) is 0 Å². The summed E-state index contributed by atoms with van der Waals surface area (Å²) >= 11 is 0. The van der Waals surface area contributed by atoms with Crippen molar-refractivity contribution in [2.75, 3.05) is 31.1 Å². The number of hydrogen-bond donors (Lipinski definition) is 2. The highest BCUT2D eigenvalue weighted by molar-refractivity contribution is 5.92. The fourth-order valence-corrected chi connectivity index (χ4v) is 3.29.